The molecule has 9 heteroatoms. The Morgan fingerprint density at radius 1 is 1.24 bits per heavy atom. The molecule has 0 spiro atoms. The summed E-state index contributed by atoms with van der Waals surface area (Å²) >= 11 is 0. The highest BCUT2D eigenvalue weighted by atomic mass is 16.6. The second-order valence-corrected chi connectivity index (χ2v) is 5.05. The maximum Gasteiger partial charge on any atom is 0.418 e. The van der Waals surface area contributed by atoms with Crippen molar-refractivity contribution in [1.82, 2.24) is 9.55 Å². The summed E-state index contributed by atoms with van der Waals surface area (Å²) in [7, 11) is 0. The molecule has 0 bridgehead atoms. The number of aromatic nitrogens is 2. The Kier molecular flexibility index (Phi) is 4.38. The van der Waals surface area contributed by atoms with E-state index in [0.717, 1.165) is 0 Å². The number of ether oxygens (including phenoxy) is 1. The quantitative estimate of drug-likeness (QED) is 0.288. The number of nitro groups is 1. The molecule has 0 saturated heterocycles. The topological polar surface area (TPSA) is 121 Å². The van der Waals surface area contributed by atoms with Crippen molar-refractivity contribution in [2.24, 2.45) is 0 Å². The highest BCUT2D eigenvalue weighted by Gasteiger charge is 2.11. The van der Waals surface area contributed by atoms with Gasteiger partial charge in [0.2, 0.25) is 0 Å². The molecule has 0 aliphatic carbocycles. The summed E-state index contributed by atoms with van der Waals surface area (Å²) in [5.74, 6) is -0.152. The first-order valence-electron chi connectivity index (χ1n) is 7.24. The fraction of sp³-hybridized carbons (Fsp3) is 0.0625. The van der Waals surface area contributed by atoms with E-state index >= 15 is 0 Å². The van der Waals surface area contributed by atoms with Gasteiger partial charge in [0.25, 0.3) is 12.0 Å². The second kappa shape index (κ2) is 6.79. The molecule has 126 valence electrons. The van der Waals surface area contributed by atoms with Gasteiger partial charge < -0.3 is 4.74 Å². The number of hydrogen-bond donors (Lipinski definition) is 2. The number of nitrogens with zero attached hydrogens (tertiary/aromatic N) is 2. The van der Waals surface area contributed by atoms with Crippen molar-refractivity contribution in [3.63, 3.8) is 0 Å². The number of carbonyl (C=O) groups is 1. The molecule has 25 heavy (non-hydrogen) atoms. The van der Waals surface area contributed by atoms with E-state index < -0.39 is 10.8 Å². The van der Waals surface area contributed by atoms with E-state index in [1.807, 2.05) is 0 Å². The van der Waals surface area contributed by atoms with E-state index in [2.05, 4.69) is 9.98 Å². The molecule has 9 nitrogen and oxygen atoms in total. The van der Waals surface area contributed by atoms with E-state index in [4.69, 9.17) is 4.74 Å². The van der Waals surface area contributed by atoms with Gasteiger partial charge in [-0.3, -0.25) is 15.1 Å². The van der Waals surface area contributed by atoms with E-state index in [9.17, 15) is 19.7 Å². The molecular weight excluding hydrogens is 328 g/mol. The Morgan fingerprint density at radius 3 is 2.68 bits per heavy atom. The first-order valence-corrected chi connectivity index (χ1v) is 7.24. The Balaban J connectivity index is 1.65. The molecule has 1 aromatic heterocycles. The van der Waals surface area contributed by atoms with Crippen molar-refractivity contribution in [1.29, 1.82) is 0 Å². The lowest BCUT2D eigenvalue weighted by atomic mass is 10.3. The van der Waals surface area contributed by atoms with Crippen LogP contribution in [0.5, 0.6) is 5.75 Å². The summed E-state index contributed by atoms with van der Waals surface area (Å²) in [4.78, 5) is 38.9. The Bertz CT molecular complexity index is 1020. The number of rotatable bonds is 5. The molecule has 1 heterocycles. The zero-order valence-corrected chi connectivity index (χ0v) is 12.8. The first kappa shape index (κ1) is 16.1. The molecule has 0 aliphatic rings. The van der Waals surface area contributed by atoms with Crippen molar-refractivity contribution in [2.75, 3.05) is 6.61 Å². The molecule has 3 rings (SSSR count). The lowest BCUT2D eigenvalue weighted by molar-refractivity contribution is -0.384. The third-order valence-corrected chi connectivity index (χ3v) is 3.40. The minimum absolute atomic E-state index is 0.0659. The van der Waals surface area contributed by atoms with Gasteiger partial charge >= 0.3 is 11.6 Å². The number of carbonyl (C=O) groups excluding carboxylic acids is 1. The SMILES string of the molecule is O=C(COc1ccc([N+](=O)[O-])cc1)[NH+]=Cn1c(=O)[nH]c2ccccc21. The Hall–Kier alpha value is -3.75. The maximum absolute atomic E-state index is 11.9. The van der Waals surface area contributed by atoms with Crippen LogP contribution in [0.3, 0.4) is 0 Å². The van der Waals surface area contributed by atoms with Crippen LogP contribution in [0.25, 0.3) is 11.0 Å². The minimum Gasteiger partial charge on any atom is -0.481 e. The van der Waals surface area contributed by atoms with Gasteiger partial charge in [-0.05, 0) is 24.3 Å². The number of H-pyrrole nitrogens is 1. The number of aromatic amines is 1. The average molecular weight is 341 g/mol. The molecule has 0 atom stereocenters. The summed E-state index contributed by atoms with van der Waals surface area (Å²) in [6.07, 6.45) is 1.25. The zero-order chi connectivity index (χ0) is 17.8. The smallest absolute Gasteiger partial charge is 0.418 e. The summed E-state index contributed by atoms with van der Waals surface area (Å²) in [5.41, 5.74) is 0.839. The lowest BCUT2D eigenvalue weighted by Crippen LogP contribution is -2.76. The molecule has 3 aromatic rings. The van der Waals surface area contributed by atoms with Gasteiger partial charge in [-0.1, -0.05) is 12.1 Å². The zero-order valence-electron chi connectivity index (χ0n) is 12.8. The fourth-order valence-electron chi connectivity index (χ4n) is 2.19. The Labute approximate surface area is 140 Å². The molecule has 0 unspecified atom stereocenters. The van der Waals surface area contributed by atoms with Gasteiger partial charge in [-0.2, -0.15) is 0 Å². The van der Waals surface area contributed by atoms with Gasteiger partial charge in [0.05, 0.1) is 10.4 Å². The van der Waals surface area contributed by atoms with Crippen LogP contribution < -0.4 is 15.4 Å². The highest BCUT2D eigenvalue weighted by Crippen LogP contribution is 2.16. The van der Waals surface area contributed by atoms with Crippen LogP contribution >= 0.6 is 0 Å². The average Bonchev–Trinajstić information content (AvgIpc) is 2.93. The van der Waals surface area contributed by atoms with Crippen LogP contribution in [0, 0.1) is 10.1 Å². The second-order valence-electron chi connectivity index (χ2n) is 5.05. The van der Waals surface area contributed by atoms with Gasteiger partial charge in [0.1, 0.15) is 5.75 Å². The number of imidazole rings is 1. The van der Waals surface area contributed by atoms with Gasteiger partial charge in [-0.15, -0.1) is 4.57 Å². The van der Waals surface area contributed by atoms with Crippen molar-refractivity contribution in [3.05, 3.63) is 69.1 Å². The summed E-state index contributed by atoms with van der Waals surface area (Å²) in [6, 6.07) is 12.4. The minimum atomic E-state index is -0.523. The summed E-state index contributed by atoms with van der Waals surface area (Å²) in [6.45, 7) is -0.300. The summed E-state index contributed by atoms with van der Waals surface area (Å²) < 4.78 is 6.52. The van der Waals surface area contributed by atoms with Crippen LogP contribution in [0.2, 0.25) is 0 Å². The predicted molar refractivity (Wildman–Crippen MR) is 88.6 cm³/mol. The first-order chi connectivity index (χ1) is 12.0. The molecule has 0 radical (unpaired) electrons. The predicted octanol–water partition coefficient (Wildman–Crippen LogP) is -0.200. The number of non-ortho nitro benzene ring substituents is 1. The van der Waals surface area contributed by atoms with Crippen LogP contribution in [-0.2, 0) is 4.79 Å². The van der Waals surface area contributed by atoms with E-state index in [0.29, 0.717) is 16.8 Å². The number of benzene rings is 2. The molecular formula is C16H13N4O5+. The molecule has 0 aliphatic heterocycles. The fourth-order valence-corrected chi connectivity index (χ4v) is 2.19. The van der Waals surface area contributed by atoms with E-state index in [1.54, 1.807) is 24.3 Å². The van der Waals surface area contributed by atoms with Crippen LogP contribution in [0.1, 0.15) is 0 Å². The van der Waals surface area contributed by atoms with E-state index in [-0.39, 0.29) is 18.0 Å². The van der Waals surface area contributed by atoms with Gasteiger partial charge in [-0.25, -0.2) is 14.6 Å². The van der Waals surface area contributed by atoms with Crippen molar-refractivity contribution in [3.8, 4) is 5.75 Å². The standard InChI is InChI=1S/C16H12N4O5/c21-15(9-25-12-7-5-11(6-8-12)20(23)24)17-10-19-14-4-2-1-3-13(14)18-16(19)22/h1-8,10H,9H2,(H,18,22)/p+1. The third-order valence-electron chi connectivity index (χ3n) is 3.40. The van der Waals surface area contributed by atoms with Crippen LogP contribution in [0.4, 0.5) is 5.69 Å². The molecule has 2 aromatic carbocycles. The van der Waals surface area contributed by atoms with Gasteiger partial charge in [0, 0.05) is 12.1 Å². The largest absolute Gasteiger partial charge is 0.481 e. The van der Waals surface area contributed by atoms with Crippen LogP contribution in [-0.4, -0.2) is 33.3 Å². The van der Waals surface area contributed by atoms with Gasteiger partial charge in [0.15, 0.2) is 12.1 Å². The number of fused-ring (bicyclic) bond motifs is 1. The molecule has 0 saturated carbocycles. The number of hydrogen-bond acceptors (Lipinski definition) is 5. The number of nitrogens with one attached hydrogen (secondary N) is 2. The van der Waals surface area contributed by atoms with Crippen LogP contribution in [0.15, 0.2) is 53.3 Å². The van der Waals surface area contributed by atoms with Crippen molar-refractivity contribution >= 4 is 29.0 Å². The van der Waals surface area contributed by atoms with Crippen molar-refractivity contribution < 1.29 is 19.4 Å². The number of amides is 1. The molecule has 0 fully saturated rings. The van der Waals surface area contributed by atoms with Crippen molar-refractivity contribution in [2.45, 2.75) is 0 Å². The van der Waals surface area contributed by atoms with E-state index in [1.165, 1.54) is 35.2 Å². The Morgan fingerprint density at radius 2 is 1.96 bits per heavy atom. The normalized spacial score (nSPS) is 11.0. The molecule has 1 amide bonds. The number of para-hydroxylation sites is 2. The molecule has 2 N–H and O–H groups in total. The maximum atomic E-state index is 11.9. The third kappa shape index (κ3) is 3.61. The highest BCUT2D eigenvalue weighted by molar-refractivity contribution is 5.82. The lowest BCUT2D eigenvalue weighted by Gasteiger charge is -2.01. The monoisotopic (exact) mass is 341 g/mol. The summed E-state index contributed by atoms with van der Waals surface area (Å²) in [5, 5.41) is 10.6. The number of nitro benzene ring substituents is 1.